The number of likely N-dealkylation sites (N-methyl/N-ethyl adjacent to an activating group) is 1. The number of carbonyl (C=O) groups is 1. The van der Waals surface area contributed by atoms with Crippen LogP contribution in [0.25, 0.3) is 0 Å². The highest BCUT2D eigenvalue weighted by atomic mass is 35.5. The average Bonchev–Trinajstić information content (AvgIpc) is 2.52. The topological polar surface area (TPSA) is 33.2 Å². The third kappa shape index (κ3) is 3.82. The molecule has 0 radical (unpaired) electrons. The molecule has 1 amide bonds. The van der Waals surface area contributed by atoms with Crippen molar-refractivity contribution in [2.45, 2.75) is 12.3 Å². The van der Waals surface area contributed by atoms with Gasteiger partial charge in [-0.15, -0.1) is 35.3 Å². The quantitative estimate of drug-likeness (QED) is 0.773. The van der Waals surface area contributed by atoms with Gasteiger partial charge in [0.15, 0.2) is 0 Å². The Kier molecular flexibility index (Phi) is 6.08. The number of nitrogens with zero attached hydrogens (tertiary/aromatic N) is 2. The van der Waals surface area contributed by atoms with Crippen LogP contribution in [0.5, 0.6) is 0 Å². The molecule has 1 rings (SSSR count). The smallest absolute Gasteiger partial charge is 0.228 e. The number of thiazole rings is 1. The summed E-state index contributed by atoms with van der Waals surface area (Å²) < 4.78 is 0. The minimum Gasteiger partial charge on any atom is -0.348 e. The van der Waals surface area contributed by atoms with Crippen molar-refractivity contribution in [2.75, 3.05) is 14.1 Å². The van der Waals surface area contributed by atoms with Crippen LogP contribution in [-0.4, -0.2) is 29.9 Å². The zero-order chi connectivity index (χ0) is 9.84. The number of amides is 1. The van der Waals surface area contributed by atoms with Gasteiger partial charge in [-0.3, -0.25) is 4.79 Å². The second kappa shape index (κ2) is 6.22. The van der Waals surface area contributed by atoms with E-state index >= 15 is 0 Å². The number of aromatic nitrogens is 1. The Bertz CT molecular complexity index is 301. The van der Waals surface area contributed by atoms with Crippen molar-refractivity contribution in [3.05, 3.63) is 16.1 Å². The predicted octanol–water partition coefficient (Wildman–Crippen LogP) is 1.93. The molecule has 0 aliphatic heterocycles. The number of hydrogen-bond acceptors (Lipinski definition) is 3. The molecule has 1 aromatic rings. The summed E-state index contributed by atoms with van der Waals surface area (Å²) in [6.45, 7) is 0. The van der Waals surface area contributed by atoms with Crippen LogP contribution in [0.4, 0.5) is 0 Å². The largest absolute Gasteiger partial charge is 0.348 e. The van der Waals surface area contributed by atoms with Gasteiger partial charge in [0, 0.05) is 19.5 Å². The Morgan fingerprint density at radius 2 is 2.29 bits per heavy atom. The summed E-state index contributed by atoms with van der Waals surface area (Å²) in [6, 6.07) is 0. The fourth-order valence-corrected chi connectivity index (χ4v) is 1.79. The predicted molar refractivity (Wildman–Crippen MR) is 61.3 cm³/mol. The van der Waals surface area contributed by atoms with Gasteiger partial charge >= 0.3 is 0 Å². The third-order valence-electron chi connectivity index (χ3n) is 1.54. The molecule has 1 aromatic heterocycles. The van der Waals surface area contributed by atoms with E-state index < -0.39 is 0 Å². The lowest BCUT2D eigenvalue weighted by Gasteiger charge is -2.07. The highest BCUT2D eigenvalue weighted by Gasteiger charge is 2.08. The first-order valence-corrected chi connectivity index (χ1v) is 5.24. The molecule has 0 saturated heterocycles. The molecule has 0 fully saturated rings. The standard InChI is InChI=1S/C8H11ClN2OS.ClH/c1-11(2)8(12)3-7-10-6(4-9)5-13-7;/h5H,3-4H2,1-2H3;1H. The molecule has 80 valence electrons. The number of carbonyl (C=O) groups excluding carboxylic acids is 1. The van der Waals surface area contributed by atoms with E-state index in [1.54, 1.807) is 19.0 Å². The van der Waals surface area contributed by atoms with E-state index in [1.807, 2.05) is 5.38 Å². The maximum atomic E-state index is 11.3. The zero-order valence-corrected chi connectivity index (χ0v) is 10.4. The van der Waals surface area contributed by atoms with E-state index in [9.17, 15) is 4.79 Å². The number of hydrogen-bond donors (Lipinski definition) is 0. The van der Waals surface area contributed by atoms with E-state index in [4.69, 9.17) is 11.6 Å². The lowest BCUT2D eigenvalue weighted by Crippen LogP contribution is -2.23. The van der Waals surface area contributed by atoms with Crippen molar-refractivity contribution in [1.82, 2.24) is 9.88 Å². The van der Waals surface area contributed by atoms with Crippen LogP contribution in [-0.2, 0) is 17.1 Å². The first kappa shape index (κ1) is 13.7. The Balaban J connectivity index is 0.00000169. The average molecular weight is 255 g/mol. The van der Waals surface area contributed by atoms with Gasteiger partial charge in [0.25, 0.3) is 0 Å². The second-order valence-corrected chi connectivity index (χ2v) is 4.04. The lowest BCUT2D eigenvalue weighted by molar-refractivity contribution is -0.127. The maximum Gasteiger partial charge on any atom is 0.228 e. The van der Waals surface area contributed by atoms with Gasteiger partial charge in [-0.25, -0.2) is 4.98 Å². The van der Waals surface area contributed by atoms with Gasteiger partial charge < -0.3 is 4.90 Å². The highest BCUT2D eigenvalue weighted by Crippen LogP contribution is 2.12. The molecule has 0 unspecified atom stereocenters. The summed E-state index contributed by atoms with van der Waals surface area (Å²) in [6.07, 6.45) is 0.370. The maximum absolute atomic E-state index is 11.3. The molecule has 3 nitrogen and oxygen atoms in total. The van der Waals surface area contributed by atoms with Crippen molar-refractivity contribution in [1.29, 1.82) is 0 Å². The van der Waals surface area contributed by atoms with Crippen LogP contribution in [0.3, 0.4) is 0 Å². The first-order valence-electron chi connectivity index (χ1n) is 3.83. The van der Waals surface area contributed by atoms with Crippen molar-refractivity contribution in [2.24, 2.45) is 0 Å². The van der Waals surface area contributed by atoms with E-state index in [2.05, 4.69) is 4.98 Å². The van der Waals surface area contributed by atoms with Crippen LogP contribution in [0.15, 0.2) is 5.38 Å². The van der Waals surface area contributed by atoms with Crippen LogP contribution in [0, 0.1) is 0 Å². The van der Waals surface area contributed by atoms with Crippen LogP contribution in [0.1, 0.15) is 10.7 Å². The van der Waals surface area contributed by atoms with E-state index in [1.165, 1.54) is 11.3 Å². The molecule has 0 N–H and O–H groups in total. The van der Waals surface area contributed by atoms with Crippen molar-refractivity contribution >= 4 is 41.3 Å². The Morgan fingerprint density at radius 1 is 1.64 bits per heavy atom. The minimum absolute atomic E-state index is 0. The van der Waals surface area contributed by atoms with Gasteiger partial charge in [-0.05, 0) is 0 Å². The van der Waals surface area contributed by atoms with Gasteiger partial charge in [0.2, 0.25) is 5.91 Å². The summed E-state index contributed by atoms with van der Waals surface area (Å²) in [4.78, 5) is 17.0. The fourth-order valence-electron chi connectivity index (χ4n) is 0.779. The molecule has 0 aliphatic rings. The second-order valence-electron chi connectivity index (χ2n) is 2.83. The summed E-state index contributed by atoms with van der Waals surface area (Å²) in [7, 11) is 3.47. The summed E-state index contributed by atoms with van der Waals surface area (Å²) >= 11 is 7.06. The molecular weight excluding hydrogens is 243 g/mol. The molecular formula is C8H12Cl2N2OS. The van der Waals surface area contributed by atoms with E-state index in [-0.39, 0.29) is 18.3 Å². The van der Waals surface area contributed by atoms with Gasteiger partial charge in [-0.1, -0.05) is 0 Å². The number of halogens is 2. The molecule has 0 saturated carbocycles. The summed E-state index contributed by atoms with van der Waals surface area (Å²) in [5.74, 6) is 0.475. The van der Waals surface area contributed by atoms with Crippen LogP contribution in [0.2, 0.25) is 0 Å². The molecule has 0 aliphatic carbocycles. The van der Waals surface area contributed by atoms with Crippen LogP contribution >= 0.6 is 35.3 Å². The Morgan fingerprint density at radius 3 is 2.71 bits per heavy atom. The fraction of sp³-hybridized carbons (Fsp3) is 0.500. The molecule has 14 heavy (non-hydrogen) atoms. The monoisotopic (exact) mass is 254 g/mol. The van der Waals surface area contributed by atoms with Crippen LogP contribution < -0.4 is 0 Å². The lowest BCUT2D eigenvalue weighted by atomic mass is 10.4. The minimum atomic E-state index is 0. The van der Waals surface area contributed by atoms with Crippen molar-refractivity contribution < 1.29 is 4.79 Å². The molecule has 0 bridgehead atoms. The van der Waals surface area contributed by atoms with Gasteiger partial charge in [-0.2, -0.15) is 0 Å². The molecule has 6 heteroatoms. The Hall–Kier alpha value is -0.320. The highest BCUT2D eigenvalue weighted by molar-refractivity contribution is 7.09. The molecule has 0 atom stereocenters. The normalized spacial score (nSPS) is 9.36. The van der Waals surface area contributed by atoms with E-state index in [0.717, 1.165) is 10.7 Å². The van der Waals surface area contributed by atoms with Gasteiger partial charge in [0.05, 0.1) is 18.0 Å². The number of alkyl halides is 1. The number of rotatable bonds is 3. The Labute approximate surface area is 98.5 Å². The third-order valence-corrected chi connectivity index (χ3v) is 2.71. The molecule has 1 heterocycles. The van der Waals surface area contributed by atoms with Gasteiger partial charge in [0.1, 0.15) is 5.01 Å². The van der Waals surface area contributed by atoms with Crippen molar-refractivity contribution in [3.8, 4) is 0 Å². The van der Waals surface area contributed by atoms with Crippen molar-refractivity contribution in [3.63, 3.8) is 0 Å². The van der Waals surface area contributed by atoms with E-state index in [0.29, 0.717) is 12.3 Å². The zero-order valence-electron chi connectivity index (χ0n) is 7.99. The molecule has 0 aromatic carbocycles. The summed E-state index contributed by atoms with van der Waals surface area (Å²) in [5.41, 5.74) is 0.841. The first-order chi connectivity index (χ1) is 6.13. The SMILES string of the molecule is CN(C)C(=O)Cc1nc(CCl)cs1.Cl. The summed E-state index contributed by atoms with van der Waals surface area (Å²) in [5, 5.41) is 2.71. The molecule has 0 spiro atoms.